The molecule has 4 rings (SSSR count). The first-order valence-corrected chi connectivity index (χ1v) is 14.2. The van der Waals surface area contributed by atoms with E-state index in [1.165, 1.54) is 23.0 Å². The van der Waals surface area contributed by atoms with Crippen molar-refractivity contribution in [2.24, 2.45) is 4.99 Å². The van der Waals surface area contributed by atoms with Crippen molar-refractivity contribution in [1.29, 1.82) is 0 Å². The third-order valence-electron chi connectivity index (χ3n) is 5.87. The number of esters is 1. The zero-order chi connectivity index (χ0) is 27.6. The minimum atomic E-state index is -0.798. The standard InChI is InChI=1S/C27H26Br2N2O6S/c1-6-36-19-9-8-15(10-18(19)29)11-22-25(32)31-24(16-12-20(34-4)21(35-5)13-17(16)28)23(26(33)37-7-2)14(3)30-27(31)38-22/h8-13,24H,6-7H2,1-5H3/b22-11-/t24-/m1/s1. The highest BCUT2D eigenvalue weighted by Crippen LogP contribution is 2.40. The van der Waals surface area contributed by atoms with E-state index in [4.69, 9.17) is 18.9 Å². The molecule has 0 aliphatic carbocycles. The first-order valence-electron chi connectivity index (χ1n) is 11.8. The van der Waals surface area contributed by atoms with Crippen molar-refractivity contribution < 1.29 is 23.7 Å². The van der Waals surface area contributed by atoms with E-state index < -0.39 is 12.0 Å². The quantitative estimate of drug-likeness (QED) is 0.323. The lowest BCUT2D eigenvalue weighted by atomic mass is 9.95. The molecule has 3 aromatic rings. The Bertz CT molecular complexity index is 1610. The molecule has 1 aliphatic rings. The van der Waals surface area contributed by atoms with Gasteiger partial charge in [0.25, 0.3) is 5.56 Å². The van der Waals surface area contributed by atoms with Crippen molar-refractivity contribution in [2.45, 2.75) is 26.8 Å². The molecular weight excluding hydrogens is 640 g/mol. The summed E-state index contributed by atoms with van der Waals surface area (Å²) in [6.07, 6.45) is 1.80. The molecule has 38 heavy (non-hydrogen) atoms. The van der Waals surface area contributed by atoms with Crippen LogP contribution >= 0.6 is 43.2 Å². The van der Waals surface area contributed by atoms with Crippen LogP contribution in [-0.2, 0) is 9.53 Å². The number of benzene rings is 2. The predicted octanol–water partition coefficient (Wildman–Crippen LogP) is 4.74. The van der Waals surface area contributed by atoms with Crippen LogP contribution in [0.3, 0.4) is 0 Å². The fourth-order valence-electron chi connectivity index (χ4n) is 4.20. The summed E-state index contributed by atoms with van der Waals surface area (Å²) >= 11 is 8.39. The van der Waals surface area contributed by atoms with Gasteiger partial charge < -0.3 is 18.9 Å². The van der Waals surface area contributed by atoms with Gasteiger partial charge in [-0.1, -0.05) is 33.3 Å². The molecule has 8 nitrogen and oxygen atoms in total. The minimum absolute atomic E-state index is 0.187. The summed E-state index contributed by atoms with van der Waals surface area (Å²) in [5.41, 5.74) is 1.93. The summed E-state index contributed by atoms with van der Waals surface area (Å²) < 4.78 is 25.4. The van der Waals surface area contributed by atoms with Crippen LogP contribution in [0.5, 0.6) is 17.2 Å². The van der Waals surface area contributed by atoms with Crippen molar-refractivity contribution in [3.8, 4) is 17.2 Å². The Balaban J connectivity index is 1.96. The van der Waals surface area contributed by atoms with Crippen molar-refractivity contribution >= 4 is 55.2 Å². The minimum Gasteiger partial charge on any atom is -0.493 e. The fraction of sp³-hybridized carbons (Fsp3) is 0.296. The van der Waals surface area contributed by atoms with Crippen LogP contribution in [0.2, 0.25) is 0 Å². The first kappa shape index (κ1) is 28.1. The molecule has 0 amide bonds. The molecule has 2 aromatic carbocycles. The van der Waals surface area contributed by atoms with Crippen LogP contribution in [0.15, 0.2) is 60.3 Å². The van der Waals surface area contributed by atoms with Gasteiger partial charge >= 0.3 is 5.97 Å². The highest BCUT2D eigenvalue weighted by molar-refractivity contribution is 9.10. The third-order valence-corrected chi connectivity index (χ3v) is 8.16. The van der Waals surface area contributed by atoms with Gasteiger partial charge in [0.1, 0.15) is 5.75 Å². The number of nitrogens with zero attached hydrogens (tertiary/aromatic N) is 2. The number of aromatic nitrogens is 1. The van der Waals surface area contributed by atoms with Crippen molar-refractivity contribution in [1.82, 2.24) is 4.57 Å². The number of hydrogen-bond acceptors (Lipinski definition) is 8. The number of rotatable bonds is 8. The van der Waals surface area contributed by atoms with Gasteiger partial charge in [-0.2, -0.15) is 0 Å². The zero-order valence-electron chi connectivity index (χ0n) is 21.5. The molecule has 0 spiro atoms. The normalized spacial score (nSPS) is 15.1. The monoisotopic (exact) mass is 664 g/mol. The Morgan fingerprint density at radius 3 is 2.39 bits per heavy atom. The van der Waals surface area contributed by atoms with Gasteiger partial charge in [-0.25, -0.2) is 9.79 Å². The molecular formula is C27H26Br2N2O6S. The van der Waals surface area contributed by atoms with Gasteiger partial charge in [0, 0.05) is 4.47 Å². The van der Waals surface area contributed by atoms with Crippen LogP contribution in [0.1, 0.15) is 37.9 Å². The van der Waals surface area contributed by atoms with Crippen molar-refractivity contribution in [3.05, 3.63) is 81.4 Å². The summed E-state index contributed by atoms with van der Waals surface area (Å²) in [6, 6.07) is 8.33. The molecule has 0 saturated carbocycles. The highest BCUT2D eigenvalue weighted by atomic mass is 79.9. The maximum Gasteiger partial charge on any atom is 0.338 e. The number of allylic oxidation sites excluding steroid dienone is 1. The van der Waals surface area contributed by atoms with Crippen molar-refractivity contribution in [2.75, 3.05) is 27.4 Å². The molecule has 0 saturated heterocycles. The van der Waals surface area contributed by atoms with Gasteiger partial charge in [-0.15, -0.1) is 0 Å². The average Bonchev–Trinajstić information content (AvgIpc) is 3.19. The first-order chi connectivity index (χ1) is 18.2. The number of hydrogen-bond donors (Lipinski definition) is 0. The molecule has 1 atom stereocenters. The summed E-state index contributed by atoms with van der Waals surface area (Å²) in [6.45, 7) is 6.13. The third kappa shape index (κ3) is 5.32. The highest BCUT2D eigenvalue weighted by Gasteiger charge is 2.35. The Hall–Kier alpha value is -2.89. The SMILES string of the molecule is CCOC(=O)C1=C(C)N=c2s/c(=C\c3ccc(OCC)c(Br)c3)c(=O)n2[C@@H]1c1cc(OC)c(OC)cc1Br. The van der Waals surface area contributed by atoms with Gasteiger partial charge in [0.2, 0.25) is 0 Å². The molecule has 200 valence electrons. The Labute approximate surface area is 240 Å². The lowest BCUT2D eigenvalue weighted by Crippen LogP contribution is -2.40. The second-order valence-corrected chi connectivity index (χ2v) is 10.9. The lowest BCUT2D eigenvalue weighted by molar-refractivity contribution is -0.139. The smallest absolute Gasteiger partial charge is 0.338 e. The van der Waals surface area contributed by atoms with E-state index in [9.17, 15) is 9.59 Å². The summed E-state index contributed by atoms with van der Waals surface area (Å²) in [5.74, 6) is 1.16. The largest absolute Gasteiger partial charge is 0.493 e. The average molecular weight is 666 g/mol. The van der Waals surface area contributed by atoms with Crippen LogP contribution in [0.4, 0.5) is 0 Å². The molecule has 0 radical (unpaired) electrons. The topological polar surface area (TPSA) is 88.4 Å². The van der Waals surface area contributed by atoms with E-state index in [0.717, 1.165) is 15.8 Å². The van der Waals surface area contributed by atoms with E-state index in [-0.39, 0.29) is 17.7 Å². The van der Waals surface area contributed by atoms with Gasteiger partial charge in [0.15, 0.2) is 16.3 Å². The maximum atomic E-state index is 13.9. The number of halogens is 2. The Kier molecular flexibility index (Phi) is 8.79. The molecule has 0 fully saturated rings. The summed E-state index contributed by atoms with van der Waals surface area (Å²) in [4.78, 5) is 32.2. The number of fused-ring (bicyclic) bond motifs is 1. The number of methoxy groups -OCH3 is 2. The fourth-order valence-corrected chi connectivity index (χ4v) is 6.29. The van der Waals surface area contributed by atoms with Gasteiger partial charge in [-0.3, -0.25) is 9.36 Å². The van der Waals surface area contributed by atoms with Gasteiger partial charge in [-0.05, 0) is 78.2 Å². The molecule has 0 unspecified atom stereocenters. The van der Waals surface area contributed by atoms with E-state index in [1.54, 1.807) is 39.2 Å². The van der Waals surface area contributed by atoms with Crippen LogP contribution < -0.4 is 29.1 Å². The van der Waals surface area contributed by atoms with Crippen LogP contribution in [0, 0.1) is 0 Å². The van der Waals surface area contributed by atoms with Crippen molar-refractivity contribution in [3.63, 3.8) is 0 Å². The molecule has 0 N–H and O–H groups in total. The second-order valence-electron chi connectivity index (χ2n) is 8.15. The Morgan fingerprint density at radius 1 is 1.05 bits per heavy atom. The second kappa shape index (κ2) is 11.9. The number of thiazole rings is 1. The predicted molar refractivity (Wildman–Crippen MR) is 153 cm³/mol. The Morgan fingerprint density at radius 2 is 1.76 bits per heavy atom. The van der Waals surface area contributed by atoms with E-state index >= 15 is 0 Å². The number of carbonyl (C=O) groups is 1. The van der Waals surface area contributed by atoms with Gasteiger partial charge in [0.05, 0.1) is 53.8 Å². The number of carbonyl (C=O) groups excluding carboxylic acids is 1. The lowest BCUT2D eigenvalue weighted by Gasteiger charge is -2.26. The summed E-state index contributed by atoms with van der Waals surface area (Å²) in [7, 11) is 3.07. The molecule has 1 aromatic heterocycles. The van der Waals surface area contributed by atoms with E-state index in [0.29, 0.717) is 43.2 Å². The molecule has 1 aliphatic heterocycles. The molecule has 0 bridgehead atoms. The number of ether oxygens (including phenoxy) is 4. The zero-order valence-corrected chi connectivity index (χ0v) is 25.5. The van der Waals surface area contributed by atoms with Crippen LogP contribution in [0.25, 0.3) is 6.08 Å². The molecule has 2 heterocycles. The van der Waals surface area contributed by atoms with Crippen LogP contribution in [-0.4, -0.2) is 38.0 Å². The maximum absolute atomic E-state index is 13.9. The van der Waals surface area contributed by atoms with E-state index in [2.05, 4.69) is 36.9 Å². The summed E-state index contributed by atoms with van der Waals surface area (Å²) in [5, 5.41) is 0. The molecule has 11 heteroatoms. The van der Waals surface area contributed by atoms with E-state index in [1.807, 2.05) is 25.1 Å².